The van der Waals surface area contributed by atoms with Crippen molar-refractivity contribution >= 4 is 16.5 Å². The Kier molecular flexibility index (Phi) is 5.17. The molecule has 0 saturated heterocycles. The van der Waals surface area contributed by atoms with Crippen molar-refractivity contribution in [3.8, 4) is 0 Å². The van der Waals surface area contributed by atoms with Gasteiger partial charge in [0.1, 0.15) is 0 Å². The van der Waals surface area contributed by atoms with Crippen LogP contribution >= 0.6 is 0 Å². The molecule has 1 unspecified atom stereocenters. The molecular formula is C16H23N3OS. The van der Waals surface area contributed by atoms with E-state index in [1.54, 1.807) is 12.4 Å². The number of aryl methyl sites for hydroxylation is 1. The Morgan fingerprint density at radius 2 is 2.10 bits per heavy atom. The molecule has 2 N–H and O–H groups in total. The van der Waals surface area contributed by atoms with Crippen LogP contribution in [0.1, 0.15) is 30.5 Å². The molecule has 0 radical (unpaired) electrons. The van der Waals surface area contributed by atoms with E-state index in [0.29, 0.717) is 16.8 Å². The fourth-order valence-electron chi connectivity index (χ4n) is 2.11. The molecule has 1 aromatic carbocycles. The number of nitrogens with zero attached hydrogens (tertiary/aromatic N) is 1. The van der Waals surface area contributed by atoms with E-state index in [4.69, 9.17) is 0 Å². The minimum absolute atomic E-state index is 0.474. The normalized spacial score (nSPS) is 12.6. The predicted molar refractivity (Wildman–Crippen MR) is 87.9 cm³/mol. The summed E-state index contributed by atoms with van der Waals surface area (Å²) in [4.78, 5) is 7.02. The third kappa shape index (κ3) is 3.94. The second-order valence-corrected chi connectivity index (χ2v) is 7.06. The second kappa shape index (κ2) is 6.89. The van der Waals surface area contributed by atoms with Crippen LogP contribution in [0.3, 0.4) is 0 Å². The SMILES string of the molecule is Cc1ccc(NCC(C)C)c(CS(=O)c2ncc[nH]2)c1C. The van der Waals surface area contributed by atoms with E-state index in [1.807, 2.05) is 0 Å². The van der Waals surface area contributed by atoms with E-state index >= 15 is 0 Å². The molecule has 114 valence electrons. The van der Waals surface area contributed by atoms with E-state index in [2.05, 4.69) is 55.1 Å². The van der Waals surface area contributed by atoms with Gasteiger partial charge in [0.2, 0.25) is 0 Å². The van der Waals surface area contributed by atoms with Crippen LogP contribution in [0, 0.1) is 19.8 Å². The predicted octanol–water partition coefficient (Wildman–Crippen LogP) is 3.40. The van der Waals surface area contributed by atoms with Crippen LogP contribution < -0.4 is 5.32 Å². The first-order chi connectivity index (χ1) is 9.99. The van der Waals surface area contributed by atoms with Gasteiger partial charge in [-0.05, 0) is 42.5 Å². The number of benzene rings is 1. The average molecular weight is 305 g/mol. The number of H-pyrrole nitrogens is 1. The number of anilines is 1. The van der Waals surface area contributed by atoms with Crippen molar-refractivity contribution in [2.24, 2.45) is 5.92 Å². The van der Waals surface area contributed by atoms with Gasteiger partial charge in [-0.1, -0.05) is 19.9 Å². The summed E-state index contributed by atoms with van der Waals surface area (Å²) < 4.78 is 12.4. The molecular weight excluding hydrogens is 282 g/mol. The van der Waals surface area contributed by atoms with Gasteiger partial charge in [-0.25, -0.2) is 4.98 Å². The first-order valence-electron chi connectivity index (χ1n) is 7.19. The number of imidazole rings is 1. The summed E-state index contributed by atoms with van der Waals surface area (Å²) in [6, 6.07) is 4.19. The van der Waals surface area contributed by atoms with Crippen LogP contribution in [-0.4, -0.2) is 20.7 Å². The van der Waals surface area contributed by atoms with Crippen molar-refractivity contribution in [3.63, 3.8) is 0 Å². The maximum atomic E-state index is 12.4. The molecule has 21 heavy (non-hydrogen) atoms. The van der Waals surface area contributed by atoms with Gasteiger partial charge in [-0.2, -0.15) is 0 Å². The van der Waals surface area contributed by atoms with Crippen LogP contribution in [0.15, 0.2) is 29.7 Å². The van der Waals surface area contributed by atoms with E-state index in [0.717, 1.165) is 17.8 Å². The smallest absolute Gasteiger partial charge is 0.196 e. The van der Waals surface area contributed by atoms with Gasteiger partial charge in [-0.3, -0.25) is 4.21 Å². The highest BCUT2D eigenvalue weighted by molar-refractivity contribution is 7.84. The minimum Gasteiger partial charge on any atom is -0.385 e. The Morgan fingerprint density at radius 3 is 2.71 bits per heavy atom. The minimum atomic E-state index is -1.15. The van der Waals surface area contributed by atoms with Crippen LogP contribution in [0.4, 0.5) is 5.69 Å². The Hall–Kier alpha value is -1.62. The van der Waals surface area contributed by atoms with E-state index in [9.17, 15) is 4.21 Å². The summed E-state index contributed by atoms with van der Waals surface area (Å²) in [6.07, 6.45) is 3.34. The monoisotopic (exact) mass is 305 g/mol. The molecule has 0 spiro atoms. The summed E-state index contributed by atoms with van der Waals surface area (Å²) in [5, 5.41) is 4.00. The van der Waals surface area contributed by atoms with Gasteiger partial charge >= 0.3 is 0 Å². The number of hydrogen-bond donors (Lipinski definition) is 2. The summed E-state index contributed by atoms with van der Waals surface area (Å²) in [5.41, 5.74) is 4.61. The van der Waals surface area contributed by atoms with Crippen LogP contribution in [0.2, 0.25) is 0 Å². The molecule has 5 heteroatoms. The highest BCUT2D eigenvalue weighted by atomic mass is 32.2. The van der Waals surface area contributed by atoms with Gasteiger partial charge in [0.15, 0.2) is 5.16 Å². The van der Waals surface area contributed by atoms with Crippen LogP contribution in [0.5, 0.6) is 0 Å². The molecule has 1 heterocycles. The second-order valence-electron chi connectivity index (χ2n) is 5.69. The molecule has 0 saturated carbocycles. The summed E-state index contributed by atoms with van der Waals surface area (Å²) in [6.45, 7) is 9.43. The largest absolute Gasteiger partial charge is 0.385 e. The van der Waals surface area contributed by atoms with Crippen molar-refractivity contribution in [2.75, 3.05) is 11.9 Å². The summed E-state index contributed by atoms with van der Waals surface area (Å²) in [5.74, 6) is 1.04. The average Bonchev–Trinajstić information content (AvgIpc) is 2.97. The molecule has 0 fully saturated rings. The van der Waals surface area contributed by atoms with Crippen molar-refractivity contribution in [3.05, 3.63) is 41.2 Å². The van der Waals surface area contributed by atoms with Crippen LogP contribution in [-0.2, 0) is 16.6 Å². The van der Waals surface area contributed by atoms with E-state index in [1.165, 1.54) is 11.1 Å². The number of aromatic nitrogens is 2. The zero-order valence-corrected chi connectivity index (χ0v) is 13.9. The lowest BCUT2D eigenvalue weighted by molar-refractivity contribution is 0.676. The molecule has 0 aliphatic rings. The summed E-state index contributed by atoms with van der Waals surface area (Å²) >= 11 is 0. The lowest BCUT2D eigenvalue weighted by atomic mass is 10.0. The fraction of sp³-hybridized carbons (Fsp3) is 0.438. The topological polar surface area (TPSA) is 57.8 Å². The number of nitrogens with one attached hydrogen (secondary N) is 2. The molecule has 0 amide bonds. The van der Waals surface area contributed by atoms with Gasteiger partial charge in [-0.15, -0.1) is 0 Å². The molecule has 0 aliphatic carbocycles. The standard InChI is InChI=1S/C16H23N3OS/c1-11(2)9-19-15-6-5-12(3)13(4)14(15)10-21(20)16-17-7-8-18-16/h5-8,11,19H,9-10H2,1-4H3,(H,17,18). The number of hydrogen-bond acceptors (Lipinski definition) is 3. The molecule has 2 rings (SSSR count). The molecule has 4 nitrogen and oxygen atoms in total. The molecule has 1 atom stereocenters. The Bertz CT molecular complexity index is 621. The number of rotatable bonds is 6. The molecule has 2 aromatic rings. The Morgan fingerprint density at radius 1 is 1.33 bits per heavy atom. The maximum Gasteiger partial charge on any atom is 0.196 e. The highest BCUT2D eigenvalue weighted by Gasteiger charge is 2.14. The van der Waals surface area contributed by atoms with Crippen molar-refractivity contribution < 1.29 is 4.21 Å². The van der Waals surface area contributed by atoms with Gasteiger partial charge in [0.25, 0.3) is 0 Å². The lowest BCUT2D eigenvalue weighted by Gasteiger charge is -2.17. The van der Waals surface area contributed by atoms with Gasteiger partial charge < -0.3 is 10.3 Å². The quantitative estimate of drug-likeness (QED) is 0.860. The third-order valence-electron chi connectivity index (χ3n) is 3.53. The lowest BCUT2D eigenvalue weighted by Crippen LogP contribution is -2.12. The van der Waals surface area contributed by atoms with Crippen molar-refractivity contribution in [2.45, 2.75) is 38.6 Å². The first-order valence-corrected chi connectivity index (χ1v) is 8.51. The van der Waals surface area contributed by atoms with E-state index < -0.39 is 10.8 Å². The van der Waals surface area contributed by atoms with Gasteiger partial charge in [0, 0.05) is 24.6 Å². The van der Waals surface area contributed by atoms with Crippen molar-refractivity contribution in [1.82, 2.24) is 9.97 Å². The van der Waals surface area contributed by atoms with Gasteiger partial charge in [0.05, 0.1) is 16.6 Å². The first kappa shape index (κ1) is 15.8. The Balaban J connectivity index is 2.27. The molecule has 0 aliphatic heterocycles. The molecule has 0 bridgehead atoms. The Labute approximate surface area is 128 Å². The maximum absolute atomic E-state index is 12.4. The van der Waals surface area contributed by atoms with Crippen molar-refractivity contribution in [1.29, 1.82) is 0 Å². The zero-order chi connectivity index (χ0) is 15.4. The highest BCUT2D eigenvalue weighted by Crippen LogP contribution is 2.25. The third-order valence-corrected chi connectivity index (χ3v) is 4.74. The summed E-state index contributed by atoms with van der Waals surface area (Å²) in [7, 11) is -1.15. The van der Waals surface area contributed by atoms with E-state index in [-0.39, 0.29) is 0 Å². The fourth-order valence-corrected chi connectivity index (χ4v) is 3.26. The van der Waals surface area contributed by atoms with Crippen LogP contribution in [0.25, 0.3) is 0 Å². The number of aromatic amines is 1. The molecule has 1 aromatic heterocycles. The zero-order valence-electron chi connectivity index (χ0n) is 13.1.